The smallest absolute Gasteiger partial charge is 0.298 e. The number of aryl methyl sites for hydroxylation is 2. The number of aromatic nitrogens is 2. The Kier molecular flexibility index (Phi) is 5.92. The maximum Gasteiger partial charge on any atom is 0.298 e. The molecule has 166 valence electrons. The molecular weight excluding hydrogens is 430 g/mol. The number of fused-ring (bicyclic) bond motifs is 1. The molecule has 0 aliphatic carbocycles. The van der Waals surface area contributed by atoms with Crippen LogP contribution in [0.1, 0.15) is 44.0 Å². The third-order valence-corrected chi connectivity index (χ3v) is 6.62. The molecule has 0 unspecified atom stereocenters. The molecule has 1 aliphatic rings. The zero-order valence-electron chi connectivity index (χ0n) is 18.7. The minimum Gasteiger partial charge on any atom is -0.430 e. The molecule has 0 saturated carbocycles. The van der Waals surface area contributed by atoms with E-state index in [1.165, 1.54) is 28.2 Å². The maximum atomic E-state index is 13.2. The van der Waals surface area contributed by atoms with E-state index in [1.54, 1.807) is 0 Å². The van der Waals surface area contributed by atoms with Crippen LogP contribution in [0.5, 0.6) is 10.9 Å². The molecule has 0 N–H and O–H groups in total. The van der Waals surface area contributed by atoms with E-state index in [1.807, 2.05) is 36.1 Å². The van der Waals surface area contributed by atoms with Crippen LogP contribution in [-0.2, 0) is 19.4 Å². The highest BCUT2D eigenvalue weighted by molar-refractivity contribution is 7.07. The predicted molar refractivity (Wildman–Crippen MR) is 130 cm³/mol. The van der Waals surface area contributed by atoms with E-state index in [9.17, 15) is 4.79 Å². The molecule has 0 atom stereocenters. The summed E-state index contributed by atoms with van der Waals surface area (Å²) in [5.41, 5.74) is 6.51. The summed E-state index contributed by atoms with van der Waals surface area (Å²) in [6.07, 6.45) is 1.54. The van der Waals surface area contributed by atoms with Gasteiger partial charge < -0.3 is 9.64 Å². The highest BCUT2D eigenvalue weighted by Gasteiger charge is 2.22. The van der Waals surface area contributed by atoms with Crippen LogP contribution in [-0.4, -0.2) is 26.7 Å². The van der Waals surface area contributed by atoms with Crippen molar-refractivity contribution < 1.29 is 9.53 Å². The average molecular weight is 456 g/mol. The van der Waals surface area contributed by atoms with Crippen molar-refractivity contribution in [2.45, 2.75) is 33.2 Å². The first-order valence-corrected chi connectivity index (χ1v) is 11.9. The van der Waals surface area contributed by atoms with Gasteiger partial charge in [0, 0.05) is 36.6 Å². The van der Waals surface area contributed by atoms with E-state index in [2.05, 4.69) is 58.7 Å². The number of carbonyl (C=O) groups excluding carboxylic acids is 1. The van der Waals surface area contributed by atoms with Crippen LogP contribution < -0.4 is 4.74 Å². The van der Waals surface area contributed by atoms with Crippen LogP contribution in [0.3, 0.4) is 0 Å². The molecule has 0 fully saturated rings. The Morgan fingerprint density at radius 1 is 1.03 bits per heavy atom. The second-order valence-corrected chi connectivity index (χ2v) is 9.18. The van der Waals surface area contributed by atoms with Gasteiger partial charge in [-0.15, -0.1) is 0 Å². The van der Waals surface area contributed by atoms with E-state index < -0.39 is 0 Å². The molecular formula is C27H25N3O2S. The molecule has 0 radical (unpaired) electrons. The van der Waals surface area contributed by atoms with Gasteiger partial charge >= 0.3 is 0 Å². The number of nitrogens with zero attached hydrogens (tertiary/aromatic N) is 3. The van der Waals surface area contributed by atoms with Crippen molar-refractivity contribution in [3.8, 4) is 10.9 Å². The largest absolute Gasteiger partial charge is 0.430 e. The molecule has 0 spiro atoms. The molecule has 1 aliphatic heterocycles. The first kappa shape index (κ1) is 21.3. The van der Waals surface area contributed by atoms with Crippen LogP contribution in [0, 0.1) is 13.8 Å². The second-order valence-electron chi connectivity index (χ2n) is 8.47. The van der Waals surface area contributed by atoms with Crippen molar-refractivity contribution in [2.75, 3.05) is 6.54 Å². The van der Waals surface area contributed by atoms with Gasteiger partial charge in [-0.25, -0.2) is 0 Å². The Balaban J connectivity index is 1.30. The number of amides is 1. The normalized spacial score (nSPS) is 13.0. The topological polar surface area (TPSA) is 55.3 Å². The fraction of sp³-hybridized carbons (Fsp3) is 0.222. The molecule has 5 nitrogen and oxygen atoms in total. The molecule has 1 amide bonds. The lowest BCUT2D eigenvalue weighted by Gasteiger charge is -2.29. The number of hydrogen-bond acceptors (Lipinski definition) is 5. The van der Waals surface area contributed by atoms with E-state index in [0.717, 1.165) is 29.9 Å². The van der Waals surface area contributed by atoms with Gasteiger partial charge in [-0.05, 0) is 54.7 Å². The van der Waals surface area contributed by atoms with Crippen LogP contribution in [0.25, 0.3) is 0 Å². The third kappa shape index (κ3) is 4.81. The van der Waals surface area contributed by atoms with Gasteiger partial charge in [-0.3, -0.25) is 4.79 Å². The van der Waals surface area contributed by atoms with Gasteiger partial charge in [-0.2, -0.15) is 9.36 Å². The first-order chi connectivity index (χ1) is 16.0. The fourth-order valence-electron chi connectivity index (χ4n) is 4.03. The van der Waals surface area contributed by atoms with E-state index >= 15 is 0 Å². The van der Waals surface area contributed by atoms with E-state index in [4.69, 9.17) is 4.74 Å². The Hall–Kier alpha value is -3.51. The lowest BCUT2D eigenvalue weighted by atomic mass is 9.99. The number of hydrogen-bond donors (Lipinski definition) is 0. The van der Waals surface area contributed by atoms with Crippen molar-refractivity contribution in [1.82, 2.24) is 14.3 Å². The number of carbonyl (C=O) groups is 1. The molecule has 2 heterocycles. The Morgan fingerprint density at radius 2 is 1.82 bits per heavy atom. The van der Waals surface area contributed by atoms with Gasteiger partial charge in [0.25, 0.3) is 11.1 Å². The fourth-order valence-corrected chi connectivity index (χ4v) is 4.59. The van der Waals surface area contributed by atoms with E-state index in [-0.39, 0.29) is 5.91 Å². The highest BCUT2D eigenvalue weighted by atomic mass is 32.1. The molecule has 3 aromatic carbocycles. The Bertz CT molecular complexity index is 1300. The molecule has 6 heteroatoms. The summed E-state index contributed by atoms with van der Waals surface area (Å²) in [5.74, 6) is 1.39. The van der Waals surface area contributed by atoms with Crippen molar-refractivity contribution in [2.24, 2.45) is 0 Å². The zero-order valence-corrected chi connectivity index (χ0v) is 19.6. The quantitative estimate of drug-likeness (QED) is 0.385. The predicted octanol–water partition coefficient (Wildman–Crippen LogP) is 5.74. The lowest BCUT2D eigenvalue weighted by molar-refractivity contribution is 0.0734. The summed E-state index contributed by atoms with van der Waals surface area (Å²) < 4.78 is 10.5. The lowest BCUT2D eigenvalue weighted by Crippen LogP contribution is -2.35. The van der Waals surface area contributed by atoms with Gasteiger partial charge in [0.05, 0.1) is 0 Å². The number of rotatable bonds is 5. The Labute approximate surface area is 197 Å². The molecule has 1 aromatic heterocycles. The van der Waals surface area contributed by atoms with Gasteiger partial charge in [0.15, 0.2) is 5.82 Å². The summed E-state index contributed by atoms with van der Waals surface area (Å²) >= 11 is 1.23. The summed E-state index contributed by atoms with van der Waals surface area (Å²) in [7, 11) is 0. The molecule has 0 saturated heterocycles. The zero-order chi connectivity index (χ0) is 22.8. The van der Waals surface area contributed by atoms with Crippen LogP contribution >= 0.6 is 11.5 Å². The third-order valence-electron chi connectivity index (χ3n) is 5.98. The van der Waals surface area contributed by atoms with Gasteiger partial charge in [0.2, 0.25) is 0 Å². The molecule has 4 aromatic rings. The van der Waals surface area contributed by atoms with Gasteiger partial charge in [0.1, 0.15) is 5.75 Å². The minimum absolute atomic E-state index is 0.0201. The van der Waals surface area contributed by atoms with Crippen LogP contribution in [0.4, 0.5) is 0 Å². The SMILES string of the molecule is Cc1ccc(Cc2nsc(Oc3cc(C(=O)N4CCc5ccccc5C4)ccc3C)n2)cc1. The number of benzene rings is 3. The second kappa shape index (κ2) is 9.16. The molecule has 0 bridgehead atoms. The van der Waals surface area contributed by atoms with Crippen molar-refractivity contribution >= 4 is 17.4 Å². The molecule has 5 rings (SSSR count). The van der Waals surface area contributed by atoms with Crippen LogP contribution in [0.15, 0.2) is 66.7 Å². The maximum absolute atomic E-state index is 13.2. The Morgan fingerprint density at radius 3 is 2.64 bits per heavy atom. The monoisotopic (exact) mass is 455 g/mol. The van der Waals surface area contributed by atoms with Crippen LogP contribution in [0.2, 0.25) is 0 Å². The molecule has 33 heavy (non-hydrogen) atoms. The van der Waals surface area contributed by atoms with Crippen molar-refractivity contribution in [1.29, 1.82) is 0 Å². The average Bonchev–Trinajstić information content (AvgIpc) is 3.28. The van der Waals surface area contributed by atoms with E-state index in [0.29, 0.717) is 29.5 Å². The van der Waals surface area contributed by atoms with Gasteiger partial charge in [-0.1, -0.05) is 60.2 Å². The van der Waals surface area contributed by atoms with Crippen molar-refractivity contribution in [3.63, 3.8) is 0 Å². The minimum atomic E-state index is 0.0201. The highest BCUT2D eigenvalue weighted by Crippen LogP contribution is 2.29. The number of ether oxygens (including phenoxy) is 1. The summed E-state index contributed by atoms with van der Waals surface area (Å²) in [5, 5.41) is 0.483. The summed E-state index contributed by atoms with van der Waals surface area (Å²) in [4.78, 5) is 19.6. The summed E-state index contributed by atoms with van der Waals surface area (Å²) in [6, 6.07) is 22.3. The standard InChI is InChI=1S/C27H25N3O2S/c1-18-7-10-20(11-8-18)15-25-28-27(33-29-25)32-24-16-22(12-9-19(24)2)26(31)30-14-13-21-5-3-4-6-23(21)17-30/h3-12,16H,13-15,17H2,1-2H3. The first-order valence-electron chi connectivity index (χ1n) is 11.1. The summed E-state index contributed by atoms with van der Waals surface area (Å²) in [6.45, 7) is 5.40. The van der Waals surface area contributed by atoms with Crippen molar-refractivity contribution in [3.05, 3.63) is 106 Å².